The van der Waals surface area contributed by atoms with Crippen LogP contribution < -0.4 is 10.6 Å². The Balaban J connectivity index is 1.84. The highest BCUT2D eigenvalue weighted by Crippen LogP contribution is 2.49. The van der Waals surface area contributed by atoms with Gasteiger partial charge >= 0.3 is 12.4 Å². The maximum Gasteiger partial charge on any atom is 0.416 e. The van der Waals surface area contributed by atoms with Crippen molar-refractivity contribution in [3.63, 3.8) is 0 Å². The average Bonchev–Trinajstić information content (AvgIpc) is 3.69. The molecule has 1 saturated carbocycles. The second kappa shape index (κ2) is 9.64. The molecule has 0 spiro atoms. The molecule has 2 amide bonds. The Morgan fingerprint density at radius 2 is 1.40 bits per heavy atom. The van der Waals surface area contributed by atoms with Crippen LogP contribution in [0.4, 0.5) is 32.0 Å². The molecular formula is C29H27F6N3O2. The van der Waals surface area contributed by atoms with Crippen LogP contribution in [0.3, 0.4) is 0 Å². The van der Waals surface area contributed by atoms with Gasteiger partial charge in [0.1, 0.15) is 0 Å². The summed E-state index contributed by atoms with van der Waals surface area (Å²) < 4.78 is 81.1. The van der Waals surface area contributed by atoms with E-state index >= 15 is 0 Å². The summed E-state index contributed by atoms with van der Waals surface area (Å²) in [6.07, 6.45) is -7.71. The fraction of sp³-hybridized carbons (Fsp3) is 0.345. The molecule has 2 aromatic carbocycles. The third kappa shape index (κ3) is 5.16. The van der Waals surface area contributed by atoms with Gasteiger partial charge in [-0.25, -0.2) is 0 Å². The molecule has 1 aromatic heterocycles. The first kappa shape index (κ1) is 29.1. The second-order valence-corrected chi connectivity index (χ2v) is 10.6. The zero-order chi connectivity index (χ0) is 29.8. The number of amides is 2. The van der Waals surface area contributed by atoms with Crippen LogP contribution in [0.15, 0.2) is 54.7 Å². The van der Waals surface area contributed by atoms with Crippen LogP contribution in [0.25, 0.3) is 11.1 Å². The topological polar surface area (TPSA) is 76.3 Å². The van der Waals surface area contributed by atoms with Gasteiger partial charge in [-0.3, -0.25) is 14.6 Å². The summed E-state index contributed by atoms with van der Waals surface area (Å²) in [4.78, 5) is 31.6. The molecule has 4 rings (SSSR count). The van der Waals surface area contributed by atoms with E-state index in [0.29, 0.717) is 41.8 Å². The monoisotopic (exact) mass is 563 g/mol. The van der Waals surface area contributed by atoms with E-state index in [1.165, 1.54) is 27.1 Å². The molecule has 1 aliphatic rings. The average molecular weight is 564 g/mol. The lowest BCUT2D eigenvalue weighted by atomic mass is 9.81. The van der Waals surface area contributed by atoms with Crippen LogP contribution >= 0.6 is 0 Å². The molecule has 0 atom stereocenters. The van der Waals surface area contributed by atoms with Crippen molar-refractivity contribution in [3.05, 3.63) is 82.7 Å². The number of benzene rings is 2. The summed E-state index contributed by atoms with van der Waals surface area (Å²) in [5.41, 5.74) is 2.19. The molecule has 1 fully saturated rings. The molecule has 0 radical (unpaired) electrons. The molecule has 0 aliphatic heterocycles. The van der Waals surface area contributed by atoms with Gasteiger partial charge < -0.3 is 10.6 Å². The first-order chi connectivity index (χ1) is 18.4. The minimum atomic E-state index is -5.06. The SMILES string of the molecule is Cc1ccccc1-c1cc(C2(C(N)=O)CC2)ncc1N(C)C(=O)C(C)(C)c1cc(C(F)(F)F)cc(C(F)(F)F)c1. The highest BCUT2D eigenvalue weighted by molar-refractivity contribution is 6.03. The molecule has 0 bridgehead atoms. The molecule has 3 aromatic rings. The molecular weight excluding hydrogens is 536 g/mol. The number of nitrogens with zero attached hydrogens (tertiary/aromatic N) is 2. The normalized spacial score (nSPS) is 15.1. The van der Waals surface area contributed by atoms with Crippen LogP contribution in [-0.2, 0) is 32.8 Å². The smallest absolute Gasteiger partial charge is 0.369 e. The van der Waals surface area contributed by atoms with Crippen molar-refractivity contribution in [2.75, 3.05) is 11.9 Å². The van der Waals surface area contributed by atoms with E-state index in [9.17, 15) is 35.9 Å². The quantitative estimate of drug-likeness (QED) is 0.346. The maximum atomic E-state index is 13.8. The van der Waals surface area contributed by atoms with Gasteiger partial charge in [-0.1, -0.05) is 24.3 Å². The van der Waals surface area contributed by atoms with E-state index in [2.05, 4.69) is 4.98 Å². The van der Waals surface area contributed by atoms with Crippen molar-refractivity contribution < 1.29 is 35.9 Å². The number of halogens is 6. The first-order valence-electron chi connectivity index (χ1n) is 12.3. The third-order valence-corrected chi connectivity index (χ3v) is 7.54. The number of aromatic nitrogens is 1. The maximum absolute atomic E-state index is 13.8. The number of hydrogen-bond acceptors (Lipinski definition) is 3. The molecule has 11 heteroatoms. The van der Waals surface area contributed by atoms with Gasteiger partial charge in [-0.05, 0) is 74.6 Å². The number of carbonyl (C=O) groups excluding carboxylic acids is 2. The fourth-order valence-corrected chi connectivity index (χ4v) is 4.79. The predicted octanol–water partition coefficient (Wildman–Crippen LogP) is 6.55. The Labute approximate surface area is 227 Å². The highest BCUT2D eigenvalue weighted by atomic mass is 19.4. The van der Waals surface area contributed by atoms with Gasteiger partial charge in [0, 0.05) is 12.6 Å². The number of aryl methyl sites for hydroxylation is 1. The molecule has 1 heterocycles. The number of hydrogen-bond donors (Lipinski definition) is 1. The molecule has 0 unspecified atom stereocenters. The zero-order valence-corrected chi connectivity index (χ0v) is 22.2. The number of primary amides is 1. The van der Waals surface area contributed by atoms with E-state index in [0.717, 1.165) is 10.5 Å². The standard InChI is InChI=1S/C29H27F6N3O2/c1-16-7-5-6-8-20(16)21-14-23(27(9-10-27)24(36)39)37-15-22(21)38(4)25(40)26(2,3)17-11-18(28(30,31)32)13-19(12-17)29(33,34)35/h5-8,11-15H,9-10H2,1-4H3,(H2,36,39). The molecule has 0 saturated heterocycles. The minimum Gasteiger partial charge on any atom is -0.369 e. The van der Waals surface area contributed by atoms with Crippen LogP contribution in [0, 0.1) is 6.92 Å². The Hall–Kier alpha value is -3.89. The van der Waals surface area contributed by atoms with E-state index in [1.807, 2.05) is 19.1 Å². The first-order valence-corrected chi connectivity index (χ1v) is 12.3. The van der Waals surface area contributed by atoms with Crippen molar-refractivity contribution in [2.24, 2.45) is 5.73 Å². The number of nitrogens with two attached hydrogens (primary N) is 1. The second-order valence-electron chi connectivity index (χ2n) is 10.6. The zero-order valence-electron chi connectivity index (χ0n) is 22.2. The van der Waals surface area contributed by atoms with Gasteiger partial charge in [0.15, 0.2) is 0 Å². The summed E-state index contributed by atoms with van der Waals surface area (Å²) in [7, 11) is 1.38. The lowest BCUT2D eigenvalue weighted by Crippen LogP contribution is -2.42. The number of likely N-dealkylation sites (N-methyl/N-ethyl adjacent to an activating group) is 1. The van der Waals surface area contributed by atoms with E-state index in [-0.39, 0.29) is 11.8 Å². The Morgan fingerprint density at radius 3 is 1.88 bits per heavy atom. The van der Waals surface area contributed by atoms with Crippen LogP contribution in [0.1, 0.15) is 54.6 Å². The minimum absolute atomic E-state index is 0.0269. The number of alkyl halides is 6. The fourth-order valence-electron chi connectivity index (χ4n) is 4.79. The van der Waals surface area contributed by atoms with Crippen molar-refractivity contribution in [2.45, 2.75) is 56.8 Å². The van der Waals surface area contributed by atoms with Crippen molar-refractivity contribution in [1.29, 1.82) is 0 Å². The highest BCUT2D eigenvalue weighted by Gasteiger charge is 2.51. The lowest BCUT2D eigenvalue weighted by molar-refractivity contribution is -0.143. The Kier molecular flexibility index (Phi) is 7.01. The molecule has 1 aliphatic carbocycles. The van der Waals surface area contributed by atoms with Gasteiger partial charge in [-0.2, -0.15) is 26.3 Å². The largest absolute Gasteiger partial charge is 0.416 e. The van der Waals surface area contributed by atoms with E-state index in [4.69, 9.17) is 5.73 Å². The Bertz CT molecular complexity index is 1460. The van der Waals surface area contributed by atoms with Gasteiger partial charge in [0.05, 0.1) is 39.5 Å². The van der Waals surface area contributed by atoms with Crippen LogP contribution in [0.2, 0.25) is 0 Å². The van der Waals surface area contributed by atoms with Crippen molar-refractivity contribution in [3.8, 4) is 11.1 Å². The summed E-state index contributed by atoms with van der Waals surface area (Å²) in [6, 6.07) is 10.1. The summed E-state index contributed by atoms with van der Waals surface area (Å²) in [6.45, 7) is 4.37. The predicted molar refractivity (Wildman–Crippen MR) is 137 cm³/mol. The number of pyridine rings is 1. The number of carbonyl (C=O) groups is 2. The van der Waals surface area contributed by atoms with Gasteiger partial charge in [0.2, 0.25) is 11.8 Å². The van der Waals surface area contributed by atoms with E-state index in [1.54, 1.807) is 18.2 Å². The number of rotatable bonds is 6. The summed E-state index contributed by atoms with van der Waals surface area (Å²) in [5, 5.41) is 0. The number of anilines is 1. The lowest BCUT2D eigenvalue weighted by Gasteiger charge is -2.32. The molecule has 2 N–H and O–H groups in total. The van der Waals surface area contributed by atoms with Crippen molar-refractivity contribution in [1.82, 2.24) is 4.98 Å². The van der Waals surface area contributed by atoms with Gasteiger partial charge in [-0.15, -0.1) is 0 Å². The van der Waals surface area contributed by atoms with Crippen molar-refractivity contribution >= 4 is 17.5 Å². The Morgan fingerprint density at radius 1 is 0.875 bits per heavy atom. The van der Waals surface area contributed by atoms with E-state index < -0.39 is 51.7 Å². The van der Waals surface area contributed by atoms with Crippen LogP contribution in [0.5, 0.6) is 0 Å². The molecule has 40 heavy (non-hydrogen) atoms. The molecule has 5 nitrogen and oxygen atoms in total. The third-order valence-electron chi connectivity index (χ3n) is 7.54. The van der Waals surface area contributed by atoms with Gasteiger partial charge in [0.25, 0.3) is 0 Å². The van der Waals surface area contributed by atoms with Crippen LogP contribution in [-0.4, -0.2) is 23.8 Å². The summed E-state index contributed by atoms with van der Waals surface area (Å²) >= 11 is 0. The molecule has 212 valence electrons. The summed E-state index contributed by atoms with van der Waals surface area (Å²) in [5.74, 6) is -1.29.